The van der Waals surface area contributed by atoms with Gasteiger partial charge in [-0.05, 0) is 6.92 Å². The Labute approximate surface area is 133 Å². The fraction of sp³-hybridized carbons (Fsp3) is 0.900. The summed E-state index contributed by atoms with van der Waals surface area (Å²) in [5.74, 6) is 0. The maximum Gasteiger partial charge on any atom is -0.0473 e. The highest BCUT2D eigenvalue weighted by Gasteiger charge is 1.88. The van der Waals surface area contributed by atoms with E-state index in [9.17, 15) is 0 Å². The highest BCUT2D eigenvalue weighted by atomic mass is 13.9. The van der Waals surface area contributed by atoms with Crippen molar-refractivity contribution in [2.24, 2.45) is 0 Å². The Morgan fingerprint density at radius 3 is 0.850 bits per heavy atom. The quantitative estimate of drug-likeness (QED) is 0.309. The molecule has 0 aliphatic heterocycles. The van der Waals surface area contributed by atoms with Gasteiger partial charge < -0.3 is 0 Å². The zero-order chi connectivity index (χ0) is 17.1. The van der Waals surface area contributed by atoms with Gasteiger partial charge in [0.15, 0.2) is 0 Å². The van der Waals surface area contributed by atoms with Gasteiger partial charge in [-0.3, -0.25) is 0 Å². The molecule has 0 nitrogen and oxygen atoms in total. The van der Waals surface area contributed by atoms with Crippen LogP contribution in [0.15, 0.2) is 12.7 Å². The Kier molecular flexibility index (Phi) is 99.2. The number of allylic oxidation sites excluding steroid dienone is 1. The minimum absolute atomic E-state index is 1.37. The molecule has 0 atom stereocenters. The van der Waals surface area contributed by atoms with Crippen molar-refractivity contribution in [1.29, 1.82) is 0 Å². The third kappa shape index (κ3) is 83.0. The summed E-state index contributed by atoms with van der Waals surface area (Å²) in [5, 5.41) is 0. The molecule has 0 aliphatic carbocycles. The molecule has 0 spiro atoms. The molecule has 0 amide bonds. The van der Waals surface area contributed by atoms with E-state index in [2.05, 4.69) is 20.4 Å². The van der Waals surface area contributed by atoms with E-state index in [0.717, 1.165) is 0 Å². The summed E-state index contributed by atoms with van der Waals surface area (Å²) in [7, 11) is 0. The van der Waals surface area contributed by atoms with E-state index >= 15 is 0 Å². The molecule has 0 aromatic carbocycles. The van der Waals surface area contributed by atoms with Crippen LogP contribution in [0.25, 0.3) is 0 Å². The van der Waals surface area contributed by atoms with Crippen LogP contribution in [0, 0.1) is 0 Å². The summed E-state index contributed by atoms with van der Waals surface area (Å²) >= 11 is 0. The molecule has 0 aromatic rings. The van der Waals surface area contributed by atoms with E-state index < -0.39 is 0 Å². The van der Waals surface area contributed by atoms with Crippen LogP contribution in [0.5, 0.6) is 0 Å². The van der Waals surface area contributed by atoms with Gasteiger partial charge in [0.25, 0.3) is 0 Å². The molecular weight excluding hydrogens is 240 g/mol. The van der Waals surface area contributed by atoms with Crippen molar-refractivity contribution in [2.45, 2.75) is 120 Å². The first-order valence-corrected chi connectivity index (χ1v) is 9.40. The lowest BCUT2D eigenvalue weighted by atomic mass is 10.1. The standard InChI is InChI=1S/C11H24.C3H6.3C2H6/c1-3-5-7-9-11-10-8-6-4-2;1-3-2;3*1-2/h3-11H2,1-2H3;3H,1H2,2H3;3*1-2H3. The molecule has 0 heterocycles. The monoisotopic (exact) mass is 288 g/mol. The molecule has 0 heteroatoms. The highest BCUT2D eigenvalue weighted by molar-refractivity contribution is 4.51. The lowest BCUT2D eigenvalue weighted by Crippen LogP contribution is -1.79. The van der Waals surface area contributed by atoms with Gasteiger partial charge in [-0.2, -0.15) is 0 Å². The maximum absolute atomic E-state index is 3.36. The summed E-state index contributed by atoms with van der Waals surface area (Å²) in [6.45, 7) is 21.8. The Balaban J connectivity index is -0.0000000698. The molecule has 0 fully saturated rings. The second-order valence-electron chi connectivity index (χ2n) is 3.88. The first kappa shape index (κ1) is 31.9. The third-order valence-corrected chi connectivity index (χ3v) is 2.21. The van der Waals surface area contributed by atoms with Gasteiger partial charge in [0, 0.05) is 0 Å². The number of unbranched alkanes of at least 4 members (excludes halogenated alkanes) is 8. The van der Waals surface area contributed by atoms with Crippen molar-refractivity contribution < 1.29 is 0 Å². The van der Waals surface area contributed by atoms with Crippen LogP contribution in [0.1, 0.15) is 120 Å². The average molecular weight is 289 g/mol. The largest absolute Gasteiger partial charge is 0.103 e. The lowest BCUT2D eigenvalue weighted by molar-refractivity contribution is 0.572. The predicted octanol–water partition coefficient (Wildman–Crippen LogP) is 8.81. The van der Waals surface area contributed by atoms with Crippen LogP contribution in [0.4, 0.5) is 0 Å². The van der Waals surface area contributed by atoms with Crippen molar-refractivity contribution in [2.75, 3.05) is 0 Å². The van der Waals surface area contributed by atoms with E-state index in [1.54, 1.807) is 6.08 Å². The van der Waals surface area contributed by atoms with Crippen molar-refractivity contribution >= 4 is 0 Å². The summed E-state index contributed by atoms with van der Waals surface area (Å²) in [6.07, 6.45) is 14.7. The van der Waals surface area contributed by atoms with Crippen molar-refractivity contribution in [1.82, 2.24) is 0 Å². The van der Waals surface area contributed by atoms with Crippen molar-refractivity contribution in [3.05, 3.63) is 12.7 Å². The van der Waals surface area contributed by atoms with Gasteiger partial charge in [-0.1, -0.05) is 119 Å². The Morgan fingerprint density at radius 2 is 0.700 bits per heavy atom. The van der Waals surface area contributed by atoms with Gasteiger partial charge >= 0.3 is 0 Å². The van der Waals surface area contributed by atoms with Crippen LogP contribution in [-0.2, 0) is 0 Å². The first-order valence-electron chi connectivity index (χ1n) is 9.40. The summed E-state index contributed by atoms with van der Waals surface area (Å²) in [5.41, 5.74) is 0. The van der Waals surface area contributed by atoms with Gasteiger partial charge in [0.2, 0.25) is 0 Å². The Bertz CT molecular complexity index is 76.0. The SMILES string of the molecule is C=CC.CC.CC.CC.CCCCCCCCCCC. The number of hydrogen-bond donors (Lipinski definition) is 0. The zero-order valence-electron chi connectivity index (χ0n) is 16.6. The topological polar surface area (TPSA) is 0 Å². The molecule has 128 valence electrons. The Morgan fingerprint density at radius 1 is 0.550 bits per heavy atom. The number of hydrogen-bond acceptors (Lipinski definition) is 0. The predicted molar refractivity (Wildman–Crippen MR) is 103 cm³/mol. The summed E-state index contributed by atoms with van der Waals surface area (Å²) < 4.78 is 0. The fourth-order valence-electron chi connectivity index (χ4n) is 1.38. The molecule has 0 N–H and O–H groups in total. The lowest BCUT2D eigenvalue weighted by Gasteiger charge is -1.98. The molecule has 0 rings (SSSR count). The van der Waals surface area contributed by atoms with Crippen molar-refractivity contribution in [3.8, 4) is 0 Å². The average Bonchev–Trinajstić information content (AvgIpc) is 2.53. The van der Waals surface area contributed by atoms with Crippen LogP contribution in [0.2, 0.25) is 0 Å². The zero-order valence-corrected chi connectivity index (χ0v) is 16.6. The van der Waals surface area contributed by atoms with Crippen molar-refractivity contribution in [3.63, 3.8) is 0 Å². The van der Waals surface area contributed by atoms with E-state index in [4.69, 9.17) is 0 Å². The second-order valence-corrected chi connectivity index (χ2v) is 3.88. The number of rotatable bonds is 8. The molecule has 0 saturated carbocycles. The second kappa shape index (κ2) is 62.2. The molecule has 0 aliphatic rings. The minimum atomic E-state index is 1.37. The normalized spacial score (nSPS) is 7.25. The van der Waals surface area contributed by atoms with Crippen LogP contribution in [0.3, 0.4) is 0 Å². The highest BCUT2D eigenvalue weighted by Crippen LogP contribution is 2.08. The van der Waals surface area contributed by atoms with E-state index in [0.29, 0.717) is 0 Å². The fourth-order valence-corrected chi connectivity index (χ4v) is 1.38. The maximum atomic E-state index is 3.36. The van der Waals surface area contributed by atoms with Gasteiger partial charge in [-0.25, -0.2) is 0 Å². The molecular formula is C20H48. The first-order chi connectivity index (χ1) is 9.83. The van der Waals surface area contributed by atoms with E-state index in [1.807, 2.05) is 48.5 Å². The van der Waals surface area contributed by atoms with Crippen LogP contribution >= 0.6 is 0 Å². The van der Waals surface area contributed by atoms with E-state index in [1.165, 1.54) is 57.8 Å². The van der Waals surface area contributed by atoms with Crippen LogP contribution in [-0.4, -0.2) is 0 Å². The molecule has 20 heavy (non-hydrogen) atoms. The van der Waals surface area contributed by atoms with Crippen LogP contribution < -0.4 is 0 Å². The minimum Gasteiger partial charge on any atom is -0.103 e. The molecule has 0 unspecified atom stereocenters. The smallest absolute Gasteiger partial charge is 0.0473 e. The third-order valence-electron chi connectivity index (χ3n) is 2.21. The molecule has 0 aromatic heterocycles. The summed E-state index contributed by atoms with van der Waals surface area (Å²) in [6, 6.07) is 0. The van der Waals surface area contributed by atoms with Gasteiger partial charge in [0.05, 0.1) is 0 Å². The van der Waals surface area contributed by atoms with Gasteiger partial charge in [0.1, 0.15) is 0 Å². The molecule has 0 bridgehead atoms. The van der Waals surface area contributed by atoms with Gasteiger partial charge in [-0.15, -0.1) is 6.58 Å². The Hall–Kier alpha value is -0.260. The van der Waals surface area contributed by atoms with E-state index in [-0.39, 0.29) is 0 Å². The summed E-state index contributed by atoms with van der Waals surface area (Å²) in [4.78, 5) is 0. The molecule has 0 radical (unpaired) electrons. The molecule has 0 saturated heterocycles.